The lowest BCUT2D eigenvalue weighted by Crippen LogP contribution is -2.46. The number of hydrogen-bond acceptors (Lipinski definition) is 6. The number of aromatic nitrogens is 2. The van der Waals surface area contributed by atoms with Gasteiger partial charge in [-0.2, -0.15) is 4.98 Å². The van der Waals surface area contributed by atoms with Crippen molar-refractivity contribution in [3.8, 4) is 0 Å². The molecule has 1 aliphatic rings. The van der Waals surface area contributed by atoms with Crippen molar-refractivity contribution in [3.05, 3.63) is 11.7 Å². The van der Waals surface area contributed by atoms with Crippen LogP contribution in [0.4, 0.5) is 0 Å². The van der Waals surface area contributed by atoms with Gasteiger partial charge in [0.05, 0.1) is 6.54 Å². The molecule has 0 bridgehead atoms. The molecule has 23 heavy (non-hydrogen) atoms. The zero-order valence-electron chi connectivity index (χ0n) is 14.4. The van der Waals surface area contributed by atoms with Gasteiger partial charge >= 0.3 is 0 Å². The maximum atomic E-state index is 12.0. The van der Waals surface area contributed by atoms with E-state index in [1.165, 1.54) is 0 Å². The van der Waals surface area contributed by atoms with Crippen molar-refractivity contribution >= 4 is 18.3 Å². The van der Waals surface area contributed by atoms with Crippen molar-refractivity contribution in [1.29, 1.82) is 0 Å². The summed E-state index contributed by atoms with van der Waals surface area (Å²) in [4.78, 5) is 20.5. The van der Waals surface area contributed by atoms with Gasteiger partial charge in [-0.15, -0.1) is 12.4 Å². The molecular weight excluding hydrogens is 318 g/mol. The fourth-order valence-corrected chi connectivity index (χ4v) is 2.93. The van der Waals surface area contributed by atoms with Gasteiger partial charge < -0.3 is 15.2 Å². The number of likely N-dealkylation sites (tertiary alicyclic amines) is 1. The van der Waals surface area contributed by atoms with Gasteiger partial charge in [0.1, 0.15) is 0 Å². The summed E-state index contributed by atoms with van der Waals surface area (Å²) in [5.74, 6) is 1.22. The van der Waals surface area contributed by atoms with Gasteiger partial charge in [0, 0.05) is 44.6 Å². The Balaban J connectivity index is 0.00000264. The second kappa shape index (κ2) is 8.08. The molecular formula is C15H28ClN5O2. The number of rotatable bonds is 6. The zero-order valence-corrected chi connectivity index (χ0v) is 15.2. The minimum absolute atomic E-state index is 0. The molecule has 7 nitrogen and oxygen atoms in total. The van der Waals surface area contributed by atoms with Crippen molar-refractivity contribution in [2.45, 2.75) is 58.7 Å². The van der Waals surface area contributed by atoms with Crippen molar-refractivity contribution < 1.29 is 9.32 Å². The summed E-state index contributed by atoms with van der Waals surface area (Å²) in [5, 5.41) is 3.95. The van der Waals surface area contributed by atoms with Crippen LogP contribution in [-0.4, -0.2) is 57.1 Å². The molecule has 1 aromatic heterocycles. The molecule has 1 saturated heterocycles. The van der Waals surface area contributed by atoms with E-state index in [2.05, 4.69) is 15.0 Å². The first-order chi connectivity index (χ1) is 10.3. The van der Waals surface area contributed by atoms with Crippen LogP contribution in [0.15, 0.2) is 4.52 Å². The smallest absolute Gasteiger partial charge is 0.226 e. The Bertz CT molecular complexity index is 514. The molecule has 2 heterocycles. The molecule has 1 atom stereocenters. The van der Waals surface area contributed by atoms with Crippen molar-refractivity contribution in [3.63, 3.8) is 0 Å². The lowest BCUT2D eigenvalue weighted by Gasteiger charge is -2.29. The molecule has 1 fully saturated rings. The Labute approximate surface area is 144 Å². The van der Waals surface area contributed by atoms with E-state index in [-0.39, 0.29) is 29.9 Å². The van der Waals surface area contributed by atoms with E-state index in [9.17, 15) is 4.79 Å². The minimum Gasteiger partial charge on any atom is -0.339 e. The second-order valence-corrected chi connectivity index (χ2v) is 6.77. The van der Waals surface area contributed by atoms with E-state index in [4.69, 9.17) is 10.3 Å². The van der Waals surface area contributed by atoms with E-state index in [0.29, 0.717) is 24.7 Å². The Morgan fingerprint density at radius 1 is 1.52 bits per heavy atom. The van der Waals surface area contributed by atoms with Crippen LogP contribution in [0.1, 0.15) is 45.8 Å². The van der Waals surface area contributed by atoms with Gasteiger partial charge in [-0.25, -0.2) is 0 Å². The maximum Gasteiger partial charge on any atom is 0.226 e. The SMILES string of the molecule is CCc1nc(CN(C(C)=O)C2CCN(CC(C)(C)N)C2)no1.Cl. The first kappa shape index (κ1) is 19.9. The monoisotopic (exact) mass is 345 g/mol. The second-order valence-electron chi connectivity index (χ2n) is 6.77. The van der Waals surface area contributed by atoms with Crippen LogP contribution < -0.4 is 5.73 Å². The molecule has 132 valence electrons. The molecule has 2 rings (SSSR count). The van der Waals surface area contributed by atoms with Crippen LogP contribution >= 0.6 is 12.4 Å². The third-order valence-electron chi connectivity index (χ3n) is 3.85. The van der Waals surface area contributed by atoms with Gasteiger partial charge in [-0.05, 0) is 20.3 Å². The average molecular weight is 346 g/mol. The van der Waals surface area contributed by atoms with Crippen LogP contribution in [0.5, 0.6) is 0 Å². The van der Waals surface area contributed by atoms with Gasteiger partial charge in [-0.1, -0.05) is 12.1 Å². The fourth-order valence-electron chi connectivity index (χ4n) is 2.93. The number of carbonyl (C=O) groups excluding carboxylic acids is 1. The molecule has 0 aromatic carbocycles. The first-order valence-corrected chi connectivity index (χ1v) is 7.88. The zero-order chi connectivity index (χ0) is 16.3. The highest BCUT2D eigenvalue weighted by Crippen LogP contribution is 2.19. The Morgan fingerprint density at radius 2 is 2.22 bits per heavy atom. The average Bonchev–Trinajstić information content (AvgIpc) is 3.02. The number of aryl methyl sites for hydroxylation is 1. The number of hydrogen-bond donors (Lipinski definition) is 1. The molecule has 0 saturated carbocycles. The van der Waals surface area contributed by atoms with Crippen molar-refractivity contribution in [1.82, 2.24) is 19.9 Å². The van der Waals surface area contributed by atoms with Crippen LogP contribution in [0, 0.1) is 0 Å². The third kappa shape index (κ3) is 5.75. The van der Waals surface area contributed by atoms with Gasteiger partial charge in [-0.3, -0.25) is 9.69 Å². The fraction of sp³-hybridized carbons (Fsp3) is 0.800. The van der Waals surface area contributed by atoms with Gasteiger partial charge in [0.15, 0.2) is 5.82 Å². The molecule has 8 heteroatoms. The minimum atomic E-state index is -0.223. The first-order valence-electron chi connectivity index (χ1n) is 7.88. The van der Waals surface area contributed by atoms with E-state index < -0.39 is 0 Å². The summed E-state index contributed by atoms with van der Waals surface area (Å²) in [5.41, 5.74) is 5.86. The summed E-state index contributed by atoms with van der Waals surface area (Å²) in [6.07, 6.45) is 1.66. The Morgan fingerprint density at radius 3 is 2.74 bits per heavy atom. The summed E-state index contributed by atoms with van der Waals surface area (Å²) in [6.45, 7) is 10.6. The molecule has 0 spiro atoms. The van der Waals surface area contributed by atoms with Crippen molar-refractivity contribution in [2.75, 3.05) is 19.6 Å². The standard InChI is InChI=1S/C15H27N5O2.ClH/c1-5-14-17-13(18-22-14)9-20(11(2)21)12-6-7-19(8-12)10-15(3,4)16;/h12H,5-10,16H2,1-4H3;1H. The molecule has 1 unspecified atom stereocenters. The Kier molecular flexibility index (Phi) is 6.98. The van der Waals surface area contributed by atoms with E-state index in [1.54, 1.807) is 6.92 Å². The molecule has 1 aliphatic heterocycles. The summed E-state index contributed by atoms with van der Waals surface area (Å²) < 4.78 is 5.12. The number of nitrogens with zero attached hydrogens (tertiary/aromatic N) is 4. The van der Waals surface area contributed by atoms with E-state index in [0.717, 1.165) is 26.1 Å². The lowest BCUT2D eigenvalue weighted by molar-refractivity contribution is -0.131. The van der Waals surface area contributed by atoms with E-state index in [1.807, 2.05) is 25.7 Å². The number of halogens is 1. The van der Waals surface area contributed by atoms with Gasteiger partial charge in [0.2, 0.25) is 11.8 Å². The molecule has 0 aliphatic carbocycles. The number of nitrogens with two attached hydrogens (primary N) is 1. The predicted octanol–water partition coefficient (Wildman–Crippen LogP) is 1.21. The lowest BCUT2D eigenvalue weighted by atomic mass is 10.1. The molecule has 1 amide bonds. The number of amides is 1. The highest BCUT2D eigenvalue weighted by Gasteiger charge is 2.31. The summed E-state index contributed by atoms with van der Waals surface area (Å²) >= 11 is 0. The highest BCUT2D eigenvalue weighted by molar-refractivity contribution is 5.85. The van der Waals surface area contributed by atoms with Crippen molar-refractivity contribution in [2.24, 2.45) is 5.73 Å². The molecule has 0 radical (unpaired) electrons. The normalized spacial score (nSPS) is 18.7. The third-order valence-corrected chi connectivity index (χ3v) is 3.85. The number of carbonyl (C=O) groups is 1. The molecule has 2 N–H and O–H groups in total. The highest BCUT2D eigenvalue weighted by atomic mass is 35.5. The maximum absolute atomic E-state index is 12.0. The summed E-state index contributed by atoms with van der Waals surface area (Å²) in [6, 6.07) is 0.184. The van der Waals surface area contributed by atoms with Gasteiger partial charge in [0.25, 0.3) is 0 Å². The van der Waals surface area contributed by atoms with E-state index >= 15 is 0 Å². The Hall–Kier alpha value is -1.18. The summed E-state index contributed by atoms with van der Waals surface area (Å²) in [7, 11) is 0. The predicted molar refractivity (Wildman–Crippen MR) is 90.3 cm³/mol. The van der Waals surface area contributed by atoms with Crippen LogP contribution in [-0.2, 0) is 17.8 Å². The van der Waals surface area contributed by atoms with Crippen LogP contribution in [0.2, 0.25) is 0 Å². The largest absolute Gasteiger partial charge is 0.339 e. The quantitative estimate of drug-likeness (QED) is 0.833. The van der Waals surface area contributed by atoms with Crippen LogP contribution in [0.25, 0.3) is 0 Å². The topological polar surface area (TPSA) is 88.5 Å². The van der Waals surface area contributed by atoms with Crippen LogP contribution in [0.3, 0.4) is 0 Å². The molecule has 1 aromatic rings.